The Kier molecular flexibility index (Phi) is 2.72. The molecule has 0 saturated carbocycles. The van der Waals surface area contributed by atoms with Gasteiger partial charge in [-0.05, 0) is 24.0 Å². The van der Waals surface area contributed by atoms with Crippen molar-refractivity contribution in [2.24, 2.45) is 0 Å². The van der Waals surface area contributed by atoms with Gasteiger partial charge in [0.05, 0.1) is 0 Å². The molecule has 1 saturated heterocycles. The maximum absolute atomic E-state index is 5.91. The molecule has 2 nitrogen and oxygen atoms in total. The zero-order chi connectivity index (χ0) is 13.4. The van der Waals surface area contributed by atoms with Crippen LogP contribution < -0.4 is 0 Å². The first-order valence-corrected chi connectivity index (χ1v) is 7.07. The molecule has 2 aromatic carbocycles. The number of benzene rings is 2. The monoisotopic (exact) mass is 264 g/mol. The molecule has 2 aromatic rings. The van der Waals surface area contributed by atoms with E-state index in [4.69, 9.17) is 9.78 Å². The Labute approximate surface area is 118 Å². The smallest absolute Gasteiger partial charge is 0.177 e. The van der Waals surface area contributed by atoms with Crippen molar-refractivity contribution in [2.75, 3.05) is 0 Å². The average Bonchev–Trinajstić information content (AvgIpc) is 3.11. The lowest BCUT2D eigenvalue weighted by atomic mass is 9.79. The quantitative estimate of drug-likeness (QED) is 0.603. The Morgan fingerprint density at radius 3 is 2.05 bits per heavy atom. The Morgan fingerprint density at radius 1 is 0.850 bits per heavy atom. The van der Waals surface area contributed by atoms with E-state index in [-0.39, 0.29) is 6.10 Å². The van der Waals surface area contributed by atoms with E-state index in [0.717, 1.165) is 24.0 Å². The summed E-state index contributed by atoms with van der Waals surface area (Å²) in [4.78, 5) is 11.5. The molecular formula is C18H16O2. The summed E-state index contributed by atoms with van der Waals surface area (Å²) in [7, 11) is 0. The van der Waals surface area contributed by atoms with Gasteiger partial charge in [0.1, 0.15) is 6.10 Å². The highest BCUT2D eigenvalue weighted by Crippen LogP contribution is 2.50. The van der Waals surface area contributed by atoms with Crippen LogP contribution in [0.2, 0.25) is 0 Å². The zero-order valence-corrected chi connectivity index (χ0v) is 11.2. The van der Waals surface area contributed by atoms with E-state index in [0.29, 0.717) is 0 Å². The molecular weight excluding hydrogens is 248 g/mol. The summed E-state index contributed by atoms with van der Waals surface area (Å²) in [6.45, 7) is 0. The molecule has 1 unspecified atom stereocenters. The lowest BCUT2D eigenvalue weighted by Crippen LogP contribution is -2.29. The molecule has 0 bridgehead atoms. The van der Waals surface area contributed by atoms with Crippen molar-refractivity contribution < 1.29 is 9.78 Å². The van der Waals surface area contributed by atoms with Crippen LogP contribution in [0.15, 0.2) is 72.3 Å². The Bertz CT molecular complexity index is 591. The average molecular weight is 264 g/mol. The van der Waals surface area contributed by atoms with E-state index in [1.54, 1.807) is 0 Å². The van der Waals surface area contributed by atoms with Crippen LogP contribution in [0.1, 0.15) is 24.0 Å². The lowest BCUT2D eigenvalue weighted by molar-refractivity contribution is -0.321. The van der Waals surface area contributed by atoms with E-state index in [9.17, 15) is 0 Å². The van der Waals surface area contributed by atoms with Gasteiger partial charge in [0.2, 0.25) is 0 Å². The van der Waals surface area contributed by atoms with Crippen LogP contribution in [0.4, 0.5) is 0 Å². The van der Waals surface area contributed by atoms with Gasteiger partial charge >= 0.3 is 0 Å². The highest BCUT2D eigenvalue weighted by atomic mass is 17.2. The zero-order valence-electron chi connectivity index (χ0n) is 11.2. The molecule has 1 fully saturated rings. The SMILES string of the molecule is C1=C2C(CC1)OOC2(c1ccccc1)c1ccccc1. The van der Waals surface area contributed by atoms with Crippen LogP contribution >= 0.6 is 0 Å². The fourth-order valence-electron chi connectivity index (χ4n) is 3.27. The third-order valence-electron chi connectivity index (χ3n) is 4.20. The summed E-state index contributed by atoms with van der Waals surface area (Å²) >= 11 is 0. The molecule has 0 N–H and O–H groups in total. The predicted octanol–water partition coefficient (Wildman–Crippen LogP) is 3.98. The number of rotatable bonds is 2. The van der Waals surface area contributed by atoms with Crippen molar-refractivity contribution in [3.8, 4) is 0 Å². The van der Waals surface area contributed by atoms with Gasteiger partial charge in [-0.25, -0.2) is 9.78 Å². The molecule has 1 heterocycles. The van der Waals surface area contributed by atoms with Crippen LogP contribution in [-0.2, 0) is 15.4 Å². The molecule has 1 aliphatic heterocycles. The molecule has 0 aromatic heterocycles. The van der Waals surface area contributed by atoms with Crippen molar-refractivity contribution in [3.05, 3.63) is 83.4 Å². The molecule has 4 rings (SSSR count). The van der Waals surface area contributed by atoms with Crippen LogP contribution in [0.5, 0.6) is 0 Å². The summed E-state index contributed by atoms with van der Waals surface area (Å²) in [5.74, 6) is 0. The van der Waals surface area contributed by atoms with Crippen LogP contribution in [0.3, 0.4) is 0 Å². The van der Waals surface area contributed by atoms with Gasteiger partial charge in [0, 0.05) is 5.57 Å². The Balaban J connectivity index is 1.95. The van der Waals surface area contributed by atoms with Crippen LogP contribution in [0.25, 0.3) is 0 Å². The summed E-state index contributed by atoms with van der Waals surface area (Å²) in [5.41, 5.74) is 2.92. The highest BCUT2D eigenvalue weighted by Gasteiger charge is 2.51. The second kappa shape index (κ2) is 4.58. The summed E-state index contributed by atoms with van der Waals surface area (Å²) < 4.78 is 0. The second-order valence-corrected chi connectivity index (χ2v) is 5.32. The molecule has 1 atom stereocenters. The summed E-state index contributed by atoms with van der Waals surface area (Å²) in [6.07, 6.45) is 4.44. The number of hydrogen-bond acceptors (Lipinski definition) is 2. The standard InChI is InChI=1S/C18H16O2/c1-3-8-14(9-4-1)18(15-10-5-2-6-11-15)16-12-7-13-17(16)19-20-18/h1-6,8-12,17H,7,13H2. The number of hydrogen-bond donors (Lipinski definition) is 0. The van der Waals surface area contributed by atoms with Crippen molar-refractivity contribution in [1.82, 2.24) is 0 Å². The molecule has 0 radical (unpaired) electrons. The van der Waals surface area contributed by atoms with Gasteiger partial charge in [0.15, 0.2) is 5.60 Å². The first-order valence-electron chi connectivity index (χ1n) is 7.07. The van der Waals surface area contributed by atoms with Crippen LogP contribution in [-0.4, -0.2) is 6.10 Å². The minimum absolute atomic E-state index is 0.0930. The number of fused-ring (bicyclic) bond motifs is 1. The summed E-state index contributed by atoms with van der Waals surface area (Å²) in [6, 6.07) is 20.7. The maximum Gasteiger partial charge on any atom is 0.177 e. The lowest BCUT2D eigenvalue weighted by Gasteiger charge is -2.28. The minimum Gasteiger partial charge on any atom is -0.227 e. The van der Waals surface area contributed by atoms with Gasteiger partial charge in [-0.2, -0.15) is 0 Å². The van der Waals surface area contributed by atoms with Crippen LogP contribution in [0, 0.1) is 0 Å². The Morgan fingerprint density at radius 2 is 1.45 bits per heavy atom. The maximum atomic E-state index is 5.91. The van der Waals surface area contributed by atoms with E-state index in [1.165, 1.54) is 5.57 Å². The van der Waals surface area contributed by atoms with Crippen molar-refractivity contribution in [3.63, 3.8) is 0 Å². The van der Waals surface area contributed by atoms with Crippen molar-refractivity contribution >= 4 is 0 Å². The molecule has 2 heteroatoms. The number of allylic oxidation sites excluding steroid dienone is 1. The molecule has 1 aliphatic carbocycles. The molecule has 2 aliphatic rings. The molecule has 100 valence electrons. The topological polar surface area (TPSA) is 18.5 Å². The summed E-state index contributed by atoms with van der Waals surface area (Å²) in [5, 5.41) is 0. The highest BCUT2D eigenvalue weighted by molar-refractivity contribution is 5.48. The molecule has 0 spiro atoms. The largest absolute Gasteiger partial charge is 0.227 e. The first-order chi connectivity index (χ1) is 9.91. The fraction of sp³-hybridized carbons (Fsp3) is 0.222. The van der Waals surface area contributed by atoms with Crippen molar-refractivity contribution in [2.45, 2.75) is 24.5 Å². The second-order valence-electron chi connectivity index (χ2n) is 5.32. The fourth-order valence-corrected chi connectivity index (χ4v) is 3.27. The molecule has 20 heavy (non-hydrogen) atoms. The van der Waals surface area contributed by atoms with E-state index in [2.05, 4.69) is 30.3 Å². The Hall–Kier alpha value is -1.90. The van der Waals surface area contributed by atoms with E-state index < -0.39 is 5.60 Å². The molecule has 0 amide bonds. The van der Waals surface area contributed by atoms with Gasteiger partial charge in [-0.1, -0.05) is 66.7 Å². The normalized spacial score (nSPS) is 23.4. The van der Waals surface area contributed by atoms with Crippen molar-refractivity contribution in [1.29, 1.82) is 0 Å². The van der Waals surface area contributed by atoms with E-state index >= 15 is 0 Å². The van der Waals surface area contributed by atoms with E-state index in [1.807, 2.05) is 36.4 Å². The van der Waals surface area contributed by atoms with Gasteiger partial charge in [0.25, 0.3) is 0 Å². The predicted molar refractivity (Wildman–Crippen MR) is 76.9 cm³/mol. The third-order valence-corrected chi connectivity index (χ3v) is 4.20. The minimum atomic E-state index is -0.580. The van der Waals surface area contributed by atoms with Gasteiger partial charge < -0.3 is 0 Å². The first kappa shape index (κ1) is 11.9. The van der Waals surface area contributed by atoms with Gasteiger partial charge in [-0.15, -0.1) is 0 Å². The van der Waals surface area contributed by atoms with Gasteiger partial charge in [-0.3, -0.25) is 0 Å². The third kappa shape index (κ3) is 1.59.